The van der Waals surface area contributed by atoms with Crippen LogP contribution in [-0.4, -0.2) is 89.7 Å². The van der Waals surface area contributed by atoms with E-state index in [1.54, 1.807) is 23.1 Å². The van der Waals surface area contributed by atoms with Crippen LogP contribution >= 0.6 is 0 Å². The molecule has 12 nitrogen and oxygen atoms in total. The summed E-state index contributed by atoms with van der Waals surface area (Å²) in [5, 5.41) is 6.97. The molecule has 2 atom stereocenters. The Balaban J connectivity index is 1.40. The van der Waals surface area contributed by atoms with E-state index in [2.05, 4.69) is 29.3 Å². The molecule has 5 rings (SSSR count). The highest BCUT2D eigenvalue weighted by atomic mass is 16.5. The summed E-state index contributed by atoms with van der Waals surface area (Å²) in [4.78, 5) is 47.2. The molecule has 12 heteroatoms. The summed E-state index contributed by atoms with van der Waals surface area (Å²) < 4.78 is 22.8. The van der Waals surface area contributed by atoms with E-state index in [1.807, 2.05) is 18.2 Å². The lowest BCUT2D eigenvalue weighted by molar-refractivity contribution is -0.123. The van der Waals surface area contributed by atoms with Gasteiger partial charge in [-0.3, -0.25) is 19.4 Å². The van der Waals surface area contributed by atoms with Gasteiger partial charge in [0.15, 0.2) is 5.69 Å². The van der Waals surface area contributed by atoms with Crippen molar-refractivity contribution in [2.45, 2.75) is 39.0 Å². The Kier molecular flexibility index (Phi) is 9.13. The highest BCUT2D eigenvalue weighted by Gasteiger charge is 2.38. The van der Waals surface area contributed by atoms with Crippen molar-refractivity contribution in [2.24, 2.45) is 5.92 Å². The van der Waals surface area contributed by atoms with Crippen LogP contribution in [0.3, 0.4) is 0 Å². The van der Waals surface area contributed by atoms with Crippen molar-refractivity contribution in [3.63, 3.8) is 0 Å². The molecule has 2 aliphatic heterocycles. The molecule has 0 unspecified atom stereocenters. The van der Waals surface area contributed by atoms with Gasteiger partial charge in [-0.1, -0.05) is 31.1 Å². The number of aromatic nitrogens is 2. The van der Waals surface area contributed by atoms with Gasteiger partial charge in [-0.25, -0.2) is 0 Å². The van der Waals surface area contributed by atoms with Crippen molar-refractivity contribution in [3.05, 3.63) is 71.4 Å². The van der Waals surface area contributed by atoms with Gasteiger partial charge in [0.25, 0.3) is 11.8 Å². The van der Waals surface area contributed by atoms with Crippen molar-refractivity contribution in [2.75, 3.05) is 39.9 Å². The van der Waals surface area contributed by atoms with Crippen LogP contribution in [0.15, 0.2) is 53.3 Å². The molecule has 0 radical (unpaired) electrons. The van der Waals surface area contributed by atoms with Crippen molar-refractivity contribution in [3.8, 4) is 11.5 Å². The van der Waals surface area contributed by atoms with E-state index >= 15 is 0 Å². The van der Waals surface area contributed by atoms with E-state index in [-0.39, 0.29) is 68.4 Å². The predicted octanol–water partition coefficient (Wildman–Crippen LogP) is 2.69. The van der Waals surface area contributed by atoms with Crippen LogP contribution in [0.2, 0.25) is 0 Å². The molecule has 0 saturated carbocycles. The summed E-state index contributed by atoms with van der Waals surface area (Å²) in [6, 6.07) is 10.1. The number of likely N-dealkylation sites (tertiary alicyclic amines) is 1. The van der Waals surface area contributed by atoms with Crippen LogP contribution in [0.25, 0.3) is 0 Å². The maximum absolute atomic E-state index is 13.4. The molecule has 1 saturated heterocycles. The van der Waals surface area contributed by atoms with Crippen LogP contribution < -0.4 is 10.1 Å². The molecule has 1 aromatic carbocycles. The third-order valence-electron chi connectivity index (χ3n) is 7.03. The van der Waals surface area contributed by atoms with E-state index in [0.717, 1.165) is 5.56 Å². The van der Waals surface area contributed by atoms with Crippen molar-refractivity contribution in [1.82, 2.24) is 25.3 Å². The molecule has 0 aliphatic carbocycles. The topological polar surface area (TPSA) is 136 Å². The Morgan fingerprint density at radius 3 is 2.81 bits per heavy atom. The van der Waals surface area contributed by atoms with Crippen LogP contribution in [0, 0.1) is 5.92 Å². The highest BCUT2D eigenvalue weighted by molar-refractivity contribution is 5.96. The number of nitrogens with zero attached hydrogens (tertiary/aromatic N) is 4. The third-order valence-corrected chi connectivity index (χ3v) is 7.03. The minimum Gasteiger partial charge on any atom is -0.456 e. The minimum absolute atomic E-state index is 0.190. The van der Waals surface area contributed by atoms with Gasteiger partial charge < -0.3 is 33.9 Å². The van der Waals surface area contributed by atoms with Crippen molar-refractivity contribution in [1.29, 1.82) is 0 Å². The van der Waals surface area contributed by atoms with Crippen LogP contribution in [-0.2, 0) is 27.3 Å². The summed E-state index contributed by atoms with van der Waals surface area (Å²) in [5.74, 6) is 0.866. The van der Waals surface area contributed by atoms with Crippen LogP contribution in [0.4, 0.5) is 0 Å². The fraction of sp³-hybridized carbons (Fsp3) is 0.433. The average Bonchev–Trinajstić information content (AvgIpc) is 3.60. The SMILES string of the molecule is COCCN1CC(=O)N[C@H]2CN(C(=O)c3cc(CC(C)C)on3)C[C@@H]2OCc2cccc(c2)Oc2cncc(c2)C1=O. The molecule has 4 bridgehead atoms. The number of hydrogen-bond donors (Lipinski definition) is 1. The number of fused-ring (bicyclic) bond motifs is 5. The smallest absolute Gasteiger partial charge is 0.276 e. The van der Waals surface area contributed by atoms with Gasteiger partial charge in [0.05, 0.1) is 43.7 Å². The van der Waals surface area contributed by atoms with E-state index in [9.17, 15) is 14.4 Å². The monoisotopic (exact) mass is 577 g/mol. The second-order valence-corrected chi connectivity index (χ2v) is 10.9. The first-order valence-electron chi connectivity index (χ1n) is 13.9. The lowest BCUT2D eigenvalue weighted by Gasteiger charge is -2.25. The van der Waals surface area contributed by atoms with Gasteiger partial charge in [0.1, 0.15) is 17.3 Å². The number of rotatable bonds is 6. The zero-order valence-electron chi connectivity index (χ0n) is 23.9. The largest absolute Gasteiger partial charge is 0.456 e. The molecule has 4 heterocycles. The summed E-state index contributed by atoms with van der Waals surface area (Å²) in [6.07, 6.45) is 3.13. The zero-order chi connectivity index (χ0) is 29.6. The Morgan fingerprint density at radius 2 is 2.00 bits per heavy atom. The fourth-order valence-corrected chi connectivity index (χ4v) is 5.01. The Labute approximate surface area is 243 Å². The number of carbonyl (C=O) groups is 3. The normalized spacial score (nSPS) is 19.4. The third kappa shape index (κ3) is 7.12. The maximum Gasteiger partial charge on any atom is 0.276 e. The molecule has 3 aromatic rings. The van der Waals surface area contributed by atoms with Crippen molar-refractivity contribution < 1.29 is 33.1 Å². The Morgan fingerprint density at radius 1 is 1.14 bits per heavy atom. The summed E-state index contributed by atoms with van der Waals surface area (Å²) in [7, 11) is 1.53. The number of carbonyl (C=O) groups excluding carboxylic acids is 3. The fourth-order valence-electron chi connectivity index (χ4n) is 5.01. The Bertz CT molecular complexity index is 1420. The summed E-state index contributed by atoms with van der Waals surface area (Å²) >= 11 is 0. The van der Waals surface area contributed by atoms with Gasteiger partial charge in [-0.05, 0) is 29.7 Å². The number of hydrogen-bond acceptors (Lipinski definition) is 9. The second-order valence-electron chi connectivity index (χ2n) is 10.9. The van der Waals surface area contributed by atoms with Gasteiger partial charge in [-0.2, -0.15) is 0 Å². The van der Waals surface area contributed by atoms with Gasteiger partial charge in [0, 0.05) is 45.4 Å². The first-order valence-corrected chi connectivity index (χ1v) is 13.9. The molecular weight excluding hydrogens is 542 g/mol. The van der Waals surface area contributed by atoms with E-state index in [0.29, 0.717) is 29.6 Å². The Hall–Kier alpha value is -4.29. The van der Waals surface area contributed by atoms with E-state index < -0.39 is 12.1 Å². The van der Waals surface area contributed by atoms with E-state index in [1.165, 1.54) is 24.4 Å². The zero-order valence-corrected chi connectivity index (χ0v) is 23.9. The number of amides is 3. The number of ether oxygens (including phenoxy) is 3. The lowest BCUT2D eigenvalue weighted by atomic mass is 10.1. The molecule has 1 fully saturated rings. The standard InChI is InChI=1S/C30H35N5O7/c1-19(2)9-23-12-25(33-42-23)30(38)35-15-26-27(16-35)40-18-20-5-4-6-22(10-20)41-24-11-21(13-31-14-24)29(37)34(7-8-39-3)17-28(36)32-26/h4-6,10-14,19,26-27H,7-9,15-18H2,1-3H3,(H,32,36)/t26-,27-/m0/s1. The van der Waals surface area contributed by atoms with Gasteiger partial charge in [-0.15, -0.1) is 0 Å². The molecule has 42 heavy (non-hydrogen) atoms. The molecule has 2 aliphatic rings. The quantitative estimate of drug-likeness (QED) is 0.469. The second kappa shape index (κ2) is 13.1. The average molecular weight is 578 g/mol. The molecule has 222 valence electrons. The number of pyridine rings is 1. The number of benzene rings is 1. The predicted molar refractivity (Wildman–Crippen MR) is 150 cm³/mol. The van der Waals surface area contributed by atoms with E-state index in [4.69, 9.17) is 18.7 Å². The maximum atomic E-state index is 13.4. The molecule has 3 amide bonds. The first kappa shape index (κ1) is 29.2. The summed E-state index contributed by atoms with van der Waals surface area (Å²) in [6.45, 7) is 5.02. The van der Waals surface area contributed by atoms with Crippen molar-refractivity contribution >= 4 is 17.7 Å². The molecule has 2 aromatic heterocycles. The molecule has 0 spiro atoms. The van der Waals surface area contributed by atoms with Gasteiger partial charge in [0.2, 0.25) is 5.91 Å². The minimum atomic E-state index is -0.514. The first-order chi connectivity index (χ1) is 20.3. The number of nitrogens with one attached hydrogen (secondary N) is 1. The highest BCUT2D eigenvalue weighted by Crippen LogP contribution is 2.25. The lowest BCUT2D eigenvalue weighted by Crippen LogP contribution is -2.49. The van der Waals surface area contributed by atoms with Crippen LogP contribution in [0.1, 0.15) is 46.0 Å². The van der Waals surface area contributed by atoms with Gasteiger partial charge >= 0.3 is 0 Å². The number of methoxy groups -OCH3 is 1. The van der Waals surface area contributed by atoms with Crippen LogP contribution in [0.5, 0.6) is 11.5 Å². The summed E-state index contributed by atoms with van der Waals surface area (Å²) in [5.41, 5.74) is 1.34. The molecular formula is C30H35N5O7. The molecule has 1 N–H and O–H groups in total.